The summed E-state index contributed by atoms with van der Waals surface area (Å²) in [6, 6.07) is 11.7. The number of piperidine rings is 1. The van der Waals surface area contributed by atoms with Crippen molar-refractivity contribution in [3.8, 4) is 0 Å². The van der Waals surface area contributed by atoms with Crippen molar-refractivity contribution in [2.75, 3.05) is 46.3 Å². The first-order valence-electron chi connectivity index (χ1n) is 8.00. The van der Waals surface area contributed by atoms with Crippen LogP contribution in [0.3, 0.4) is 0 Å². The molecule has 2 saturated heterocycles. The molecule has 2 aliphatic rings. The second-order valence-corrected chi connectivity index (χ2v) is 6.33. The van der Waals surface area contributed by atoms with E-state index in [1.807, 2.05) is 0 Å². The molecule has 20 heavy (non-hydrogen) atoms. The second kappa shape index (κ2) is 6.70. The highest BCUT2D eigenvalue weighted by molar-refractivity contribution is 5.14. The third-order valence-electron chi connectivity index (χ3n) is 4.86. The second-order valence-electron chi connectivity index (χ2n) is 6.33. The highest BCUT2D eigenvalue weighted by Gasteiger charge is 2.26. The van der Waals surface area contributed by atoms with Crippen LogP contribution in [0.4, 0.5) is 0 Å². The molecule has 0 atom stereocenters. The summed E-state index contributed by atoms with van der Waals surface area (Å²) in [5.41, 5.74) is 1.44. The maximum absolute atomic E-state index is 2.73. The van der Waals surface area contributed by atoms with Gasteiger partial charge in [0.15, 0.2) is 0 Å². The van der Waals surface area contributed by atoms with Gasteiger partial charge in [-0.3, -0.25) is 9.80 Å². The molecule has 0 amide bonds. The third-order valence-corrected chi connectivity index (χ3v) is 4.86. The van der Waals surface area contributed by atoms with Gasteiger partial charge in [-0.15, -0.1) is 0 Å². The van der Waals surface area contributed by atoms with Crippen molar-refractivity contribution in [2.45, 2.75) is 25.4 Å². The molecule has 0 aromatic heterocycles. The average Bonchev–Trinajstić information content (AvgIpc) is 2.50. The molecule has 0 bridgehead atoms. The first-order valence-corrected chi connectivity index (χ1v) is 8.00. The van der Waals surface area contributed by atoms with Gasteiger partial charge in [0.25, 0.3) is 0 Å². The molecule has 0 aliphatic carbocycles. The third kappa shape index (κ3) is 3.60. The Morgan fingerprint density at radius 3 is 2.20 bits per heavy atom. The molecule has 0 N–H and O–H groups in total. The van der Waals surface area contributed by atoms with Crippen LogP contribution >= 0.6 is 0 Å². The van der Waals surface area contributed by atoms with E-state index in [1.54, 1.807) is 0 Å². The zero-order chi connectivity index (χ0) is 13.8. The maximum Gasteiger partial charge on any atom is 0.0234 e. The largest absolute Gasteiger partial charge is 0.306 e. The lowest BCUT2D eigenvalue weighted by Crippen LogP contribution is -2.52. The van der Waals surface area contributed by atoms with Crippen molar-refractivity contribution < 1.29 is 0 Å². The van der Waals surface area contributed by atoms with Crippen molar-refractivity contribution in [3.63, 3.8) is 0 Å². The summed E-state index contributed by atoms with van der Waals surface area (Å²) in [4.78, 5) is 7.79. The predicted octanol–water partition coefficient (Wildman–Crippen LogP) is 1.90. The smallest absolute Gasteiger partial charge is 0.0234 e. The summed E-state index contributed by atoms with van der Waals surface area (Å²) >= 11 is 0. The summed E-state index contributed by atoms with van der Waals surface area (Å²) in [5.74, 6) is 0. The van der Waals surface area contributed by atoms with Crippen molar-refractivity contribution in [1.29, 1.82) is 0 Å². The van der Waals surface area contributed by atoms with Crippen LogP contribution in [-0.4, -0.2) is 67.1 Å². The number of hydrogen-bond acceptors (Lipinski definition) is 3. The summed E-state index contributed by atoms with van der Waals surface area (Å²) in [7, 11) is 2.24. The van der Waals surface area contributed by atoms with Gasteiger partial charge in [-0.2, -0.15) is 0 Å². The summed E-state index contributed by atoms with van der Waals surface area (Å²) in [6.45, 7) is 8.61. The summed E-state index contributed by atoms with van der Waals surface area (Å²) in [6.07, 6.45) is 2.71. The standard InChI is InChI=1S/C17H27N3/c1-18-9-7-17(8-10-18)20-13-11-19(12-14-20)15-16-5-3-2-4-6-16/h2-6,17H,7-15H2,1H3. The van der Waals surface area contributed by atoms with E-state index in [0.29, 0.717) is 0 Å². The Balaban J connectivity index is 1.45. The molecule has 0 radical (unpaired) electrons. The highest BCUT2D eigenvalue weighted by Crippen LogP contribution is 2.18. The summed E-state index contributed by atoms with van der Waals surface area (Å²) < 4.78 is 0. The van der Waals surface area contributed by atoms with Crippen LogP contribution in [0.25, 0.3) is 0 Å². The molecule has 3 rings (SSSR count). The Labute approximate surface area is 123 Å². The van der Waals surface area contributed by atoms with Gasteiger partial charge in [0, 0.05) is 38.8 Å². The normalized spacial score (nSPS) is 24.1. The minimum absolute atomic E-state index is 0.838. The van der Waals surface area contributed by atoms with Gasteiger partial charge >= 0.3 is 0 Å². The van der Waals surface area contributed by atoms with E-state index in [9.17, 15) is 0 Å². The van der Waals surface area contributed by atoms with E-state index in [2.05, 4.69) is 52.1 Å². The zero-order valence-corrected chi connectivity index (χ0v) is 12.7. The molecule has 2 aliphatic heterocycles. The van der Waals surface area contributed by atoms with Crippen LogP contribution < -0.4 is 0 Å². The fraction of sp³-hybridized carbons (Fsp3) is 0.647. The van der Waals surface area contributed by atoms with Gasteiger partial charge in [0.1, 0.15) is 0 Å². The average molecular weight is 273 g/mol. The number of nitrogens with zero attached hydrogens (tertiary/aromatic N) is 3. The van der Waals surface area contributed by atoms with Crippen LogP contribution in [-0.2, 0) is 6.54 Å². The number of likely N-dealkylation sites (tertiary alicyclic amines) is 1. The van der Waals surface area contributed by atoms with Crippen LogP contribution in [0.2, 0.25) is 0 Å². The Kier molecular flexibility index (Phi) is 4.71. The van der Waals surface area contributed by atoms with E-state index in [-0.39, 0.29) is 0 Å². The quantitative estimate of drug-likeness (QED) is 0.833. The van der Waals surface area contributed by atoms with Crippen molar-refractivity contribution in [1.82, 2.24) is 14.7 Å². The molecule has 110 valence electrons. The van der Waals surface area contributed by atoms with Gasteiger partial charge in [0.05, 0.1) is 0 Å². The molecule has 1 aromatic carbocycles. The Morgan fingerprint density at radius 2 is 1.55 bits per heavy atom. The molecule has 3 heteroatoms. The molecule has 2 fully saturated rings. The van der Waals surface area contributed by atoms with E-state index >= 15 is 0 Å². The minimum Gasteiger partial charge on any atom is -0.306 e. The Morgan fingerprint density at radius 1 is 0.900 bits per heavy atom. The molecule has 3 nitrogen and oxygen atoms in total. The van der Waals surface area contributed by atoms with Crippen LogP contribution in [0.1, 0.15) is 18.4 Å². The molecular weight excluding hydrogens is 246 g/mol. The van der Waals surface area contributed by atoms with Crippen LogP contribution in [0, 0.1) is 0 Å². The zero-order valence-electron chi connectivity index (χ0n) is 12.7. The van der Waals surface area contributed by atoms with Crippen LogP contribution in [0.15, 0.2) is 30.3 Å². The lowest BCUT2D eigenvalue weighted by atomic mass is 10.0. The van der Waals surface area contributed by atoms with Crippen molar-refractivity contribution in [3.05, 3.63) is 35.9 Å². The number of benzene rings is 1. The van der Waals surface area contributed by atoms with E-state index in [0.717, 1.165) is 12.6 Å². The molecular formula is C17H27N3. The highest BCUT2D eigenvalue weighted by atomic mass is 15.3. The lowest BCUT2D eigenvalue weighted by molar-refractivity contribution is 0.0618. The first kappa shape index (κ1) is 14.1. The maximum atomic E-state index is 2.73. The van der Waals surface area contributed by atoms with Crippen molar-refractivity contribution >= 4 is 0 Å². The van der Waals surface area contributed by atoms with E-state index in [1.165, 1.54) is 57.7 Å². The van der Waals surface area contributed by atoms with Gasteiger partial charge in [-0.25, -0.2) is 0 Å². The monoisotopic (exact) mass is 273 g/mol. The minimum atomic E-state index is 0.838. The van der Waals surface area contributed by atoms with Gasteiger partial charge in [-0.05, 0) is 38.5 Å². The molecule has 1 aromatic rings. The van der Waals surface area contributed by atoms with Gasteiger partial charge in [0.2, 0.25) is 0 Å². The van der Waals surface area contributed by atoms with Crippen LogP contribution in [0.5, 0.6) is 0 Å². The van der Waals surface area contributed by atoms with Gasteiger partial charge in [-0.1, -0.05) is 30.3 Å². The lowest BCUT2D eigenvalue weighted by Gasteiger charge is -2.42. The Bertz CT molecular complexity index is 390. The Hall–Kier alpha value is -0.900. The van der Waals surface area contributed by atoms with E-state index < -0.39 is 0 Å². The molecule has 0 saturated carbocycles. The van der Waals surface area contributed by atoms with Gasteiger partial charge < -0.3 is 4.90 Å². The molecule has 0 spiro atoms. The number of piperazine rings is 1. The molecule has 0 unspecified atom stereocenters. The topological polar surface area (TPSA) is 9.72 Å². The van der Waals surface area contributed by atoms with Crippen molar-refractivity contribution in [2.24, 2.45) is 0 Å². The fourth-order valence-electron chi connectivity index (χ4n) is 3.49. The van der Waals surface area contributed by atoms with E-state index in [4.69, 9.17) is 0 Å². The number of rotatable bonds is 3. The number of hydrogen-bond donors (Lipinski definition) is 0. The fourth-order valence-corrected chi connectivity index (χ4v) is 3.49. The summed E-state index contributed by atoms with van der Waals surface area (Å²) in [5, 5.41) is 0. The molecule has 2 heterocycles. The SMILES string of the molecule is CN1CCC(N2CCN(Cc3ccccc3)CC2)CC1. The first-order chi connectivity index (χ1) is 9.81. The predicted molar refractivity (Wildman–Crippen MR) is 83.8 cm³/mol.